The van der Waals surface area contributed by atoms with Crippen molar-refractivity contribution in [3.05, 3.63) is 11.3 Å². The molecule has 0 aromatic carbocycles. The molecule has 0 unspecified atom stereocenters. The summed E-state index contributed by atoms with van der Waals surface area (Å²) in [5.41, 5.74) is 0.890. The van der Waals surface area contributed by atoms with Crippen LogP contribution in [0.3, 0.4) is 0 Å². The maximum absolute atomic E-state index is 12.5. The molecule has 0 saturated carbocycles. The summed E-state index contributed by atoms with van der Waals surface area (Å²) in [7, 11) is 2.71. The Labute approximate surface area is 141 Å². The van der Waals surface area contributed by atoms with Crippen LogP contribution in [0.5, 0.6) is 0 Å². The molecule has 0 amide bonds. The molecule has 3 aliphatic heterocycles. The Kier molecular flexibility index (Phi) is 4.57. The van der Waals surface area contributed by atoms with Crippen LogP contribution in [0.2, 0.25) is 0 Å². The van der Waals surface area contributed by atoms with Crippen LogP contribution in [0.4, 0.5) is 0 Å². The van der Waals surface area contributed by atoms with E-state index >= 15 is 0 Å². The molecule has 24 heavy (non-hydrogen) atoms. The molecule has 0 aromatic heterocycles. The number of esters is 2. The number of carbonyl (C=O) groups is 2. The highest BCUT2D eigenvalue weighted by Crippen LogP contribution is 2.55. The van der Waals surface area contributed by atoms with Gasteiger partial charge in [-0.15, -0.1) is 0 Å². The van der Waals surface area contributed by atoms with Crippen LogP contribution in [0.25, 0.3) is 0 Å². The third-order valence-electron chi connectivity index (χ3n) is 5.10. The molecule has 7 heteroatoms. The van der Waals surface area contributed by atoms with E-state index in [9.17, 15) is 9.59 Å². The van der Waals surface area contributed by atoms with E-state index < -0.39 is 36.0 Å². The number of carbonyl (C=O) groups excluding carboxylic acids is 2. The summed E-state index contributed by atoms with van der Waals surface area (Å²) in [5.74, 6) is -3.32. The van der Waals surface area contributed by atoms with Gasteiger partial charge < -0.3 is 18.9 Å². The minimum absolute atomic E-state index is 0.349. The standard InChI is InChI=1S/C17H24O7/c1-5-6-7-8-10-9(2)23-17(16(19)21-4)12-11(10)14(18)22-13(12)15(20-3)24-17/h11-13,15H,5-8H2,1-4H3/t11-,12+,13-,15-,17+/m1/s1. The summed E-state index contributed by atoms with van der Waals surface area (Å²) in [6.45, 7) is 3.88. The lowest BCUT2D eigenvalue weighted by Crippen LogP contribution is -2.53. The number of rotatable bonds is 6. The Morgan fingerprint density at radius 2 is 2.04 bits per heavy atom. The molecule has 0 aromatic rings. The van der Waals surface area contributed by atoms with Crippen LogP contribution >= 0.6 is 0 Å². The fourth-order valence-electron chi connectivity index (χ4n) is 4.01. The first kappa shape index (κ1) is 17.2. The SMILES string of the molecule is CCCCCC1=C(C)O[C@]2(C(=O)OC)O[C@@H](OC)[C@@H]3OC(=O)[C@H]1[C@@H]32. The molecule has 0 radical (unpaired) electrons. The van der Waals surface area contributed by atoms with Crippen molar-refractivity contribution in [1.29, 1.82) is 0 Å². The van der Waals surface area contributed by atoms with E-state index in [0.717, 1.165) is 31.3 Å². The predicted octanol–water partition coefficient (Wildman–Crippen LogP) is 1.90. The third kappa shape index (κ3) is 2.33. The van der Waals surface area contributed by atoms with Crippen LogP contribution < -0.4 is 0 Å². The average molecular weight is 340 g/mol. The summed E-state index contributed by atoms with van der Waals surface area (Å²) in [4.78, 5) is 25.0. The van der Waals surface area contributed by atoms with Crippen LogP contribution in [0.1, 0.15) is 39.5 Å². The lowest BCUT2D eigenvalue weighted by atomic mass is 9.76. The lowest BCUT2D eigenvalue weighted by Gasteiger charge is -2.38. The van der Waals surface area contributed by atoms with Gasteiger partial charge >= 0.3 is 17.7 Å². The predicted molar refractivity (Wildman–Crippen MR) is 81.4 cm³/mol. The zero-order valence-electron chi connectivity index (χ0n) is 14.5. The van der Waals surface area contributed by atoms with Crippen molar-refractivity contribution < 1.29 is 33.3 Å². The summed E-state index contributed by atoms with van der Waals surface area (Å²) >= 11 is 0. The molecule has 0 bridgehead atoms. The van der Waals surface area contributed by atoms with E-state index in [4.69, 9.17) is 23.7 Å². The zero-order chi connectivity index (χ0) is 17.5. The van der Waals surface area contributed by atoms with Crippen molar-refractivity contribution in [3.8, 4) is 0 Å². The van der Waals surface area contributed by atoms with Crippen LogP contribution in [0, 0.1) is 11.8 Å². The smallest absolute Gasteiger partial charge is 0.380 e. The highest BCUT2D eigenvalue weighted by atomic mass is 16.8. The number of hydrogen-bond donors (Lipinski definition) is 0. The number of unbranched alkanes of at least 4 members (excludes halogenated alkanes) is 2. The molecule has 7 nitrogen and oxygen atoms in total. The Morgan fingerprint density at radius 1 is 1.29 bits per heavy atom. The fourth-order valence-corrected chi connectivity index (χ4v) is 4.01. The maximum atomic E-state index is 12.5. The van der Waals surface area contributed by atoms with E-state index in [-0.39, 0.29) is 5.97 Å². The number of ether oxygens (including phenoxy) is 5. The van der Waals surface area contributed by atoms with Gasteiger partial charge in [-0.05, 0) is 25.3 Å². The van der Waals surface area contributed by atoms with Crippen molar-refractivity contribution >= 4 is 11.9 Å². The summed E-state index contributed by atoms with van der Waals surface area (Å²) in [5, 5.41) is 0. The van der Waals surface area contributed by atoms with Crippen molar-refractivity contribution in [3.63, 3.8) is 0 Å². The first-order valence-corrected chi connectivity index (χ1v) is 8.38. The van der Waals surface area contributed by atoms with Gasteiger partial charge in [0.15, 0.2) is 12.4 Å². The third-order valence-corrected chi connectivity index (χ3v) is 5.10. The Hall–Kier alpha value is -1.60. The number of allylic oxidation sites excluding steroid dienone is 1. The topological polar surface area (TPSA) is 80.3 Å². The second-order valence-electron chi connectivity index (χ2n) is 6.43. The van der Waals surface area contributed by atoms with E-state index in [0.29, 0.717) is 5.76 Å². The number of hydrogen-bond acceptors (Lipinski definition) is 7. The van der Waals surface area contributed by atoms with Gasteiger partial charge in [-0.2, -0.15) is 0 Å². The first-order valence-electron chi connectivity index (χ1n) is 8.38. The molecule has 2 fully saturated rings. The monoisotopic (exact) mass is 340 g/mol. The van der Waals surface area contributed by atoms with Crippen LogP contribution in [-0.4, -0.2) is 44.3 Å². The van der Waals surface area contributed by atoms with E-state index in [1.165, 1.54) is 14.2 Å². The highest BCUT2D eigenvalue weighted by molar-refractivity contribution is 5.86. The Balaban J connectivity index is 2.01. The summed E-state index contributed by atoms with van der Waals surface area (Å²) in [6.07, 6.45) is 2.29. The zero-order valence-corrected chi connectivity index (χ0v) is 14.5. The minimum atomic E-state index is -1.69. The maximum Gasteiger partial charge on any atom is 0.380 e. The van der Waals surface area contributed by atoms with E-state index in [2.05, 4.69) is 6.92 Å². The van der Waals surface area contributed by atoms with Gasteiger partial charge in [-0.25, -0.2) is 4.79 Å². The Morgan fingerprint density at radius 3 is 2.67 bits per heavy atom. The van der Waals surface area contributed by atoms with Gasteiger partial charge in [0.2, 0.25) is 0 Å². The average Bonchev–Trinajstić information content (AvgIpc) is 3.07. The quantitative estimate of drug-likeness (QED) is 0.539. The van der Waals surface area contributed by atoms with Crippen molar-refractivity contribution in [1.82, 2.24) is 0 Å². The van der Waals surface area contributed by atoms with Gasteiger partial charge in [0.1, 0.15) is 0 Å². The van der Waals surface area contributed by atoms with Crippen LogP contribution in [0.15, 0.2) is 11.3 Å². The summed E-state index contributed by atoms with van der Waals surface area (Å²) in [6, 6.07) is 0. The first-order chi connectivity index (χ1) is 11.5. The number of methoxy groups -OCH3 is 2. The molecular formula is C17H24O7. The molecule has 0 aliphatic carbocycles. The molecule has 0 N–H and O–H groups in total. The second-order valence-corrected chi connectivity index (χ2v) is 6.43. The van der Waals surface area contributed by atoms with E-state index in [1.54, 1.807) is 6.92 Å². The van der Waals surface area contributed by atoms with Crippen LogP contribution in [-0.2, 0) is 33.3 Å². The molecule has 2 saturated heterocycles. The van der Waals surface area contributed by atoms with Gasteiger partial charge in [-0.1, -0.05) is 19.8 Å². The largest absolute Gasteiger partial charge is 0.464 e. The lowest BCUT2D eigenvalue weighted by molar-refractivity contribution is -0.275. The molecule has 0 spiro atoms. The normalized spacial score (nSPS) is 37.1. The molecule has 3 heterocycles. The second kappa shape index (κ2) is 6.37. The van der Waals surface area contributed by atoms with Gasteiger partial charge in [-0.3, -0.25) is 9.53 Å². The van der Waals surface area contributed by atoms with Crippen molar-refractivity contribution in [2.45, 2.75) is 57.7 Å². The van der Waals surface area contributed by atoms with E-state index in [1.807, 2.05) is 0 Å². The van der Waals surface area contributed by atoms with Crippen molar-refractivity contribution in [2.24, 2.45) is 11.8 Å². The summed E-state index contributed by atoms with van der Waals surface area (Å²) < 4.78 is 27.3. The molecule has 5 atom stereocenters. The minimum Gasteiger partial charge on any atom is -0.464 e. The van der Waals surface area contributed by atoms with Gasteiger partial charge in [0.25, 0.3) is 0 Å². The van der Waals surface area contributed by atoms with Gasteiger partial charge in [0, 0.05) is 7.11 Å². The molecule has 3 aliphatic rings. The highest BCUT2D eigenvalue weighted by Gasteiger charge is 2.73. The Bertz CT molecular complexity index is 569. The van der Waals surface area contributed by atoms with Crippen molar-refractivity contribution in [2.75, 3.05) is 14.2 Å². The molecular weight excluding hydrogens is 316 g/mol. The van der Waals surface area contributed by atoms with Gasteiger partial charge in [0.05, 0.1) is 24.7 Å². The molecule has 134 valence electrons. The fraction of sp³-hybridized carbons (Fsp3) is 0.765. The molecule has 3 rings (SSSR count).